The van der Waals surface area contributed by atoms with E-state index < -0.39 is 0 Å². The van der Waals surface area contributed by atoms with E-state index >= 15 is 0 Å². The second kappa shape index (κ2) is 8.57. The molecule has 31 heavy (non-hydrogen) atoms. The van der Waals surface area contributed by atoms with Crippen LogP contribution in [0.15, 0.2) is 53.3 Å². The van der Waals surface area contributed by atoms with Gasteiger partial charge in [-0.25, -0.2) is 4.99 Å². The predicted octanol–water partition coefficient (Wildman–Crippen LogP) is 6.53. The number of thiophene rings is 1. The first kappa shape index (κ1) is 21.0. The van der Waals surface area contributed by atoms with Gasteiger partial charge >= 0.3 is 0 Å². The molecule has 1 atom stereocenters. The summed E-state index contributed by atoms with van der Waals surface area (Å²) in [5.74, 6) is 1.08. The van der Waals surface area contributed by atoms with Crippen LogP contribution in [-0.2, 0) is 6.42 Å². The molecular weight excluding hydrogens is 422 g/mol. The lowest BCUT2D eigenvalue weighted by Gasteiger charge is -2.43. The van der Waals surface area contributed by atoms with Crippen molar-refractivity contribution in [1.82, 2.24) is 4.90 Å². The molecule has 1 spiro atoms. The number of nitrogens with zero attached hydrogens (tertiary/aromatic N) is 2. The van der Waals surface area contributed by atoms with Gasteiger partial charge in [0.1, 0.15) is 5.82 Å². The van der Waals surface area contributed by atoms with Gasteiger partial charge in [-0.05, 0) is 85.8 Å². The molecule has 3 aliphatic rings. The second-order valence-corrected chi connectivity index (χ2v) is 10.9. The van der Waals surface area contributed by atoms with Gasteiger partial charge in [0.15, 0.2) is 0 Å². The third kappa shape index (κ3) is 4.13. The maximum atomic E-state index is 6.80. The molecule has 1 aliphatic carbocycles. The largest absolute Gasteiger partial charge is 0.357 e. The summed E-state index contributed by atoms with van der Waals surface area (Å²) in [6.45, 7) is 4.20. The zero-order chi connectivity index (χ0) is 21.4. The monoisotopic (exact) mass is 451 g/mol. The Morgan fingerprint density at radius 2 is 2.00 bits per heavy atom. The van der Waals surface area contributed by atoms with Crippen molar-refractivity contribution in [3.8, 4) is 0 Å². The highest BCUT2D eigenvalue weighted by molar-refractivity contribution is 7.17. The van der Waals surface area contributed by atoms with Crippen molar-refractivity contribution in [2.75, 3.05) is 13.1 Å². The first-order valence-corrected chi connectivity index (χ1v) is 12.5. The molecule has 5 rings (SSSR count). The van der Waals surface area contributed by atoms with Crippen molar-refractivity contribution >= 4 is 34.7 Å². The van der Waals surface area contributed by atoms with Crippen LogP contribution in [0.3, 0.4) is 0 Å². The molecule has 5 heteroatoms. The van der Waals surface area contributed by atoms with Crippen LogP contribution < -0.4 is 5.73 Å². The minimum Gasteiger partial charge on any atom is -0.357 e. The Kier molecular flexibility index (Phi) is 5.80. The molecule has 2 aromatic rings. The molecule has 0 radical (unpaired) electrons. The fraction of sp³-hybridized carbons (Fsp3) is 0.423. The Morgan fingerprint density at radius 3 is 2.77 bits per heavy atom. The molecule has 0 amide bonds. The first-order valence-electron chi connectivity index (χ1n) is 11.3. The molecule has 0 bridgehead atoms. The summed E-state index contributed by atoms with van der Waals surface area (Å²) in [7, 11) is 0. The van der Waals surface area contributed by atoms with E-state index in [1.807, 2.05) is 6.07 Å². The number of fused-ring (bicyclic) bond motifs is 1. The number of aliphatic imine (C=N–C) groups is 1. The minimum absolute atomic E-state index is 0.151. The van der Waals surface area contributed by atoms with Crippen LogP contribution in [0.25, 0.3) is 5.57 Å². The van der Waals surface area contributed by atoms with Crippen molar-refractivity contribution in [1.29, 1.82) is 0 Å². The van der Waals surface area contributed by atoms with E-state index in [0.717, 1.165) is 61.8 Å². The number of piperidine rings is 1. The Bertz CT molecular complexity index is 1060. The van der Waals surface area contributed by atoms with E-state index in [-0.39, 0.29) is 11.5 Å². The number of halogens is 1. The normalized spacial score (nSPS) is 24.7. The highest BCUT2D eigenvalue weighted by atomic mass is 35.5. The van der Waals surface area contributed by atoms with Gasteiger partial charge in [-0.3, -0.25) is 0 Å². The molecule has 0 unspecified atom stereocenters. The van der Waals surface area contributed by atoms with Crippen LogP contribution in [0.2, 0.25) is 4.34 Å². The topological polar surface area (TPSA) is 41.6 Å². The van der Waals surface area contributed by atoms with Crippen molar-refractivity contribution in [2.24, 2.45) is 16.1 Å². The van der Waals surface area contributed by atoms with E-state index in [4.69, 9.17) is 22.3 Å². The molecule has 1 saturated heterocycles. The standard InChI is InChI=1S/C26H30ClN3S/c1-18-5-7-21-20(16-18)17-26(25(21)28)11-14-30(15-12-26)24-10-6-19(4-2-3-13-29-24)22-8-9-23(27)31-22/h5-10,13,16,25H,2-4,11-12,14-15,17,28H2,1H3/b19-6+,24-10?,29-13?/t25-/m1/s1. The van der Waals surface area contributed by atoms with E-state index in [2.05, 4.69) is 54.5 Å². The molecule has 2 aliphatic heterocycles. The van der Waals surface area contributed by atoms with E-state index in [1.165, 1.54) is 27.1 Å². The van der Waals surface area contributed by atoms with E-state index in [0.29, 0.717) is 0 Å². The number of rotatable bonds is 2. The number of likely N-dealkylation sites (tertiary alicyclic amines) is 1. The minimum atomic E-state index is 0.151. The number of benzene rings is 1. The van der Waals surface area contributed by atoms with Gasteiger partial charge in [-0.15, -0.1) is 11.3 Å². The molecule has 2 N–H and O–H groups in total. The van der Waals surface area contributed by atoms with Crippen LogP contribution in [0.1, 0.15) is 59.7 Å². The summed E-state index contributed by atoms with van der Waals surface area (Å²) in [5, 5.41) is 0. The second-order valence-electron chi connectivity index (χ2n) is 9.23. The number of hydrogen-bond acceptors (Lipinski definition) is 4. The summed E-state index contributed by atoms with van der Waals surface area (Å²) < 4.78 is 0.849. The maximum absolute atomic E-state index is 6.80. The van der Waals surface area contributed by atoms with Gasteiger partial charge < -0.3 is 10.6 Å². The SMILES string of the molecule is Cc1ccc2c(c1)CC1(CCN(C3=C/C=C(/c4ccc(Cl)s4)CCCC=N3)CC1)[C@@H]2N. The number of hydrogen-bond donors (Lipinski definition) is 1. The van der Waals surface area contributed by atoms with Gasteiger partial charge in [0, 0.05) is 30.2 Å². The Hall–Kier alpha value is -1.88. The highest BCUT2D eigenvalue weighted by Gasteiger charge is 2.46. The fourth-order valence-corrected chi connectivity index (χ4v) is 6.50. The lowest BCUT2D eigenvalue weighted by molar-refractivity contribution is 0.109. The van der Waals surface area contributed by atoms with Gasteiger partial charge in [0.05, 0.1) is 4.34 Å². The van der Waals surface area contributed by atoms with E-state index in [9.17, 15) is 0 Å². The fourth-order valence-electron chi connectivity index (χ4n) is 5.40. The highest BCUT2D eigenvalue weighted by Crippen LogP contribution is 2.51. The van der Waals surface area contributed by atoms with Gasteiger partial charge in [-0.2, -0.15) is 0 Å². The Balaban J connectivity index is 1.34. The Morgan fingerprint density at radius 1 is 1.16 bits per heavy atom. The zero-order valence-corrected chi connectivity index (χ0v) is 19.7. The number of allylic oxidation sites excluding steroid dienone is 3. The third-order valence-corrected chi connectivity index (χ3v) is 8.55. The molecule has 1 aromatic carbocycles. The zero-order valence-electron chi connectivity index (χ0n) is 18.1. The lowest BCUT2D eigenvalue weighted by Crippen LogP contribution is -2.43. The van der Waals surface area contributed by atoms with Crippen LogP contribution >= 0.6 is 22.9 Å². The van der Waals surface area contributed by atoms with Crippen molar-refractivity contribution in [3.63, 3.8) is 0 Å². The molecule has 1 fully saturated rings. The van der Waals surface area contributed by atoms with Crippen LogP contribution in [-0.4, -0.2) is 24.2 Å². The maximum Gasteiger partial charge on any atom is 0.128 e. The van der Waals surface area contributed by atoms with Gasteiger partial charge in [0.25, 0.3) is 0 Å². The molecule has 1 aromatic heterocycles. The molecule has 3 heterocycles. The molecule has 162 valence electrons. The van der Waals surface area contributed by atoms with Crippen LogP contribution in [0.4, 0.5) is 0 Å². The predicted molar refractivity (Wildman–Crippen MR) is 133 cm³/mol. The quantitative estimate of drug-likeness (QED) is 0.564. The summed E-state index contributed by atoms with van der Waals surface area (Å²) in [5.41, 5.74) is 12.5. The van der Waals surface area contributed by atoms with Gasteiger partial charge in [-0.1, -0.05) is 41.4 Å². The van der Waals surface area contributed by atoms with Gasteiger partial charge in [0.2, 0.25) is 0 Å². The van der Waals surface area contributed by atoms with E-state index in [1.54, 1.807) is 11.3 Å². The summed E-state index contributed by atoms with van der Waals surface area (Å²) in [6.07, 6.45) is 13.1. The van der Waals surface area contributed by atoms with Crippen molar-refractivity contribution in [2.45, 2.75) is 51.5 Å². The average Bonchev–Trinajstić information content (AvgIpc) is 3.33. The van der Waals surface area contributed by atoms with Crippen molar-refractivity contribution in [3.05, 3.63) is 74.2 Å². The molecular formula is C26H30ClN3S. The van der Waals surface area contributed by atoms with Crippen LogP contribution in [0.5, 0.6) is 0 Å². The number of nitrogens with two attached hydrogens (primary N) is 1. The number of aryl methyl sites for hydroxylation is 1. The summed E-state index contributed by atoms with van der Waals surface area (Å²) >= 11 is 7.84. The summed E-state index contributed by atoms with van der Waals surface area (Å²) in [6, 6.07) is 11.1. The molecule has 3 nitrogen and oxygen atoms in total. The third-order valence-electron chi connectivity index (χ3n) is 7.25. The lowest BCUT2D eigenvalue weighted by atomic mass is 9.73. The first-order chi connectivity index (χ1) is 15.0. The average molecular weight is 452 g/mol. The molecule has 0 saturated carbocycles. The Labute approximate surface area is 194 Å². The van der Waals surface area contributed by atoms with Crippen LogP contribution in [0, 0.1) is 12.3 Å². The van der Waals surface area contributed by atoms with Crippen molar-refractivity contribution < 1.29 is 0 Å². The summed E-state index contributed by atoms with van der Waals surface area (Å²) in [4.78, 5) is 8.57. The smallest absolute Gasteiger partial charge is 0.128 e.